The molecule has 102 valence electrons. The van der Waals surface area contributed by atoms with Crippen molar-refractivity contribution in [2.24, 2.45) is 0 Å². The van der Waals surface area contributed by atoms with E-state index in [0.717, 1.165) is 24.3 Å². The Morgan fingerprint density at radius 1 is 1.33 bits per heavy atom. The van der Waals surface area contributed by atoms with Crippen LogP contribution in [0, 0.1) is 0 Å². The highest BCUT2D eigenvalue weighted by molar-refractivity contribution is 7.99. The van der Waals surface area contributed by atoms with Gasteiger partial charge in [-0.15, -0.1) is 0 Å². The summed E-state index contributed by atoms with van der Waals surface area (Å²) in [4.78, 5) is 32.7. The summed E-state index contributed by atoms with van der Waals surface area (Å²) in [6.45, 7) is 0. The van der Waals surface area contributed by atoms with Crippen molar-refractivity contribution in [3.63, 3.8) is 0 Å². The van der Waals surface area contributed by atoms with Gasteiger partial charge < -0.3 is 20.8 Å². The van der Waals surface area contributed by atoms with Gasteiger partial charge in [0, 0.05) is 11.8 Å². The zero-order valence-electron chi connectivity index (χ0n) is 9.72. The third-order valence-electron chi connectivity index (χ3n) is 2.48. The highest BCUT2D eigenvalue weighted by Gasteiger charge is 2.24. The van der Waals surface area contributed by atoms with Gasteiger partial charge in [-0.05, 0) is 18.6 Å². The Hall–Kier alpha value is -1.44. The summed E-state index contributed by atoms with van der Waals surface area (Å²) in [6, 6.07) is -2.02. The molecule has 4 N–H and O–H groups in total. The molecule has 18 heavy (non-hydrogen) atoms. The smallest absolute Gasteiger partial charge is 0.326 e. The minimum Gasteiger partial charge on any atom is -0.481 e. The van der Waals surface area contributed by atoms with Gasteiger partial charge in [-0.2, -0.15) is 11.8 Å². The summed E-state index contributed by atoms with van der Waals surface area (Å²) in [5.41, 5.74) is 0. The average molecular weight is 276 g/mol. The number of aliphatic carboxylic acids is 2. The molecule has 0 aliphatic carbocycles. The Morgan fingerprint density at radius 2 is 2.06 bits per heavy atom. The van der Waals surface area contributed by atoms with E-state index >= 15 is 0 Å². The monoisotopic (exact) mass is 276 g/mol. The molecule has 1 fully saturated rings. The van der Waals surface area contributed by atoms with Gasteiger partial charge >= 0.3 is 18.0 Å². The van der Waals surface area contributed by atoms with Crippen LogP contribution in [-0.4, -0.2) is 51.8 Å². The van der Waals surface area contributed by atoms with Gasteiger partial charge in [-0.1, -0.05) is 0 Å². The fourth-order valence-corrected chi connectivity index (χ4v) is 2.69. The largest absolute Gasteiger partial charge is 0.481 e. The Kier molecular flexibility index (Phi) is 5.76. The number of rotatable bonds is 5. The molecule has 2 unspecified atom stereocenters. The van der Waals surface area contributed by atoms with E-state index in [2.05, 4.69) is 10.6 Å². The van der Waals surface area contributed by atoms with Crippen LogP contribution in [0.3, 0.4) is 0 Å². The number of thioether (sulfide) groups is 1. The summed E-state index contributed by atoms with van der Waals surface area (Å²) in [7, 11) is 0. The van der Waals surface area contributed by atoms with E-state index in [4.69, 9.17) is 10.2 Å². The van der Waals surface area contributed by atoms with Crippen LogP contribution in [0.25, 0.3) is 0 Å². The molecule has 0 aromatic heterocycles. The van der Waals surface area contributed by atoms with Gasteiger partial charge in [0.1, 0.15) is 6.04 Å². The second-order valence-corrected chi connectivity index (χ2v) is 5.17. The summed E-state index contributed by atoms with van der Waals surface area (Å²) in [5.74, 6) is -0.762. The molecule has 0 radical (unpaired) electrons. The molecule has 0 saturated carbocycles. The maximum absolute atomic E-state index is 11.5. The lowest BCUT2D eigenvalue weighted by atomic mass is 10.2. The lowest BCUT2D eigenvalue weighted by molar-refractivity contribution is -0.145. The van der Waals surface area contributed by atoms with Gasteiger partial charge in [0.25, 0.3) is 0 Å². The molecule has 0 spiro atoms. The first-order valence-corrected chi connectivity index (χ1v) is 6.74. The fraction of sp³-hybridized carbons (Fsp3) is 0.700. The van der Waals surface area contributed by atoms with Crippen molar-refractivity contribution in [2.75, 3.05) is 11.5 Å². The molecule has 8 heteroatoms. The number of hydrogen-bond donors (Lipinski definition) is 4. The number of carbonyl (C=O) groups excluding carboxylic acids is 1. The second-order valence-electron chi connectivity index (χ2n) is 4.02. The first-order valence-electron chi connectivity index (χ1n) is 5.58. The first-order chi connectivity index (χ1) is 8.49. The predicted octanol–water partition coefficient (Wildman–Crippen LogP) is 0.109. The number of hydrogen-bond acceptors (Lipinski definition) is 4. The molecule has 0 aromatic rings. The molecule has 0 bridgehead atoms. The van der Waals surface area contributed by atoms with Crippen molar-refractivity contribution in [1.29, 1.82) is 0 Å². The average Bonchev–Trinajstić information content (AvgIpc) is 2.28. The number of amides is 2. The zero-order valence-corrected chi connectivity index (χ0v) is 10.5. The zero-order chi connectivity index (χ0) is 13.5. The van der Waals surface area contributed by atoms with Crippen LogP contribution >= 0.6 is 11.8 Å². The van der Waals surface area contributed by atoms with Gasteiger partial charge in [0.15, 0.2) is 0 Å². The van der Waals surface area contributed by atoms with Crippen molar-refractivity contribution in [2.45, 2.75) is 31.3 Å². The molecule has 1 rings (SSSR count). The van der Waals surface area contributed by atoms with E-state index in [1.54, 1.807) is 11.8 Å². The highest BCUT2D eigenvalue weighted by Crippen LogP contribution is 2.16. The predicted molar refractivity (Wildman–Crippen MR) is 65.7 cm³/mol. The van der Waals surface area contributed by atoms with E-state index < -0.39 is 30.4 Å². The van der Waals surface area contributed by atoms with Gasteiger partial charge in [-0.3, -0.25) is 4.79 Å². The second kappa shape index (κ2) is 7.10. The standard InChI is InChI=1S/C10H16N2O5S/c13-8(14)4-7(9(15)16)12-10(17)11-6-2-1-3-18-5-6/h6-7H,1-5H2,(H,13,14)(H,15,16)(H2,11,12,17). The van der Waals surface area contributed by atoms with Crippen LogP contribution in [0.5, 0.6) is 0 Å². The van der Waals surface area contributed by atoms with Crippen LogP contribution in [0.4, 0.5) is 4.79 Å². The fourth-order valence-electron chi connectivity index (χ4n) is 1.61. The lowest BCUT2D eigenvalue weighted by Gasteiger charge is -2.23. The summed E-state index contributed by atoms with van der Waals surface area (Å²) in [6.07, 6.45) is 1.23. The molecule has 1 heterocycles. The molecule has 2 atom stereocenters. The molecule has 1 saturated heterocycles. The molecular weight excluding hydrogens is 260 g/mol. The quantitative estimate of drug-likeness (QED) is 0.566. The summed E-state index contributed by atoms with van der Waals surface area (Å²) >= 11 is 1.73. The molecule has 1 aliphatic rings. The Morgan fingerprint density at radius 3 is 2.56 bits per heavy atom. The molecule has 7 nitrogen and oxygen atoms in total. The maximum Gasteiger partial charge on any atom is 0.326 e. The normalized spacial score (nSPS) is 20.8. The molecular formula is C10H16N2O5S. The van der Waals surface area contributed by atoms with Crippen LogP contribution < -0.4 is 10.6 Å². The summed E-state index contributed by atoms with van der Waals surface area (Å²) < 4.78 is 0. The van der Waals surface area contributed by atoms with Crippen LogP contribution in [0.1, 0.15) is 19.3 Å². The third kappa shape index (κ3) is 5.26. The van der Waals surface area contributed by atoms with Crippen molar-refractivity contribution in [1.82, 2.24) is 10.6 Å². The van der Waals surface area contributed by atoms with Crippen molar-refractivity contribution in [3.05, 3.63) is 0 Å². The Balaban J connectivity index is 2.40. The minimum absolute atomic E-state index is 0.0167. The minimum atomic E-state index is -1.40. The maximum atomic E-state index is 11.5. The SMILES string of the molecule is O=C(O)CC(NC(=O)NC1CCCSC1)C(=O)O. The van der Waals surface area contributed by atoms with E-state index in [0.29, 0.717) is 0 Å². The van der Waals surface area contributed by atoms with Gasteiger partial charge in [0.05, 0.1) is 6.42 Å². The number of carbonyl (C=O) groups is 3. The van der Waals surface area contributed by atoms with E-state index in [1.165, 1.54) is 0 Å². The van der Waals surface area contributed by atoms with Crippen molar-refractivity contribution >= 4 is 29.7 Å². The number of nitrogens with one attached hydrogen (secondary N) is 2. The van der Waals surface area contributed by atoms with Crippen molar-refractivity contribution in [3.8, 4) is 0 Å². The molecule has 1 aliphatic heterocycles. The highest BCUT2D eigenvalue weighted by atomic mass is 32.2. The number of carboxylic acids is 2. The van der Waals surface area contributed by atoms with Crippen molar-refractivity contribution < 1.29 is 24.6 Å². The van der Waals surface area contributed by atoms with Gasteiger partial charge in [-0.25, -0.2) is 9.59 Å². The first kappa shape index (κ1) is 14.6. The van der Waals surface area contributed by atoms with Gasteiger partial charge in [0.2, 0.25) is 0 Å². The van der Waals surface area contributed by atoms with E-state index in [-0.39, 0.29) is 6.04 Å². The molecule has 2 amide bonds. The van der Waals surface area contributed by atoms with E-state index in [1.807, 2.05) is 0 Å². The Labute approximate surface area is 108 Å². The van der Waals surface area contributed by atoms with Crippen LogP contribution in [-0.2, 0) is 9.59 Å². The van der Waals surface area contributed by atoms with Crippen LogP contribution in [0.2, 0.25) is 0 Å². The third-order valence-corrected chi connectivity index (χ3v) is 3.69. The topological polar surface area (TPSA) is 116 Å². The number of urea groups is 1. The Bertz CT molecular complexity index is 330. The van der Waals surface area contributed by atoms with Crippen LogP contribution in [0.15, 0.2) is 0 Å². The summed E-state index contributed by atoms with van der Waals surface area (Å²) in [5, 5.41) is 22.1. The van der Waals surface area contributed by atoms with E-state index in [9.17, 15) is 14.4 Å². The lowest BCUT2D eigenvalue weighted by Crippen LogP contribution is -2.50. The molecule has 0 aromatic carbocycles. The number of carboxylic acid groups (broad SMARTS) is 2.